The molecule has 1 aromatic rings. The number of carbonyl (C=O) groups is 1. The number of aliphatic hydroxyl groups is 1. The molecule has 2 fully saturated rings. The van der Waals surface area contributed by atoms with Crippen molar-refractivity contribution >= 4 is 5.97 Å². The molecule has 2 N–H and O–H groups in total. The van der Waals surface area contributed by atoms with Gasteiger partial charge in [-0.3, -0.25) is 4.79 Å². The van der Waals surface area contributed by atoms with Crippen molar-refractivity contribution in [1.82, 2.24) is 0 Å². The lowest BCUT2D eigenvalue weighted by atomic mass is 9.77. The van der Waals surface area contributed by atoms with Crippen LogP contribution >= 0.6 is 0 Å². The monoisotopic (exact) mass is 404 g/mol. The Hall–Kier alpha value is -2.18. The van der Waals surface area contributed by atoms with Gasteiger partial charge in [0.15, 0.2) is 0 Å². The number of ether oxygens (including phenoxy) is 2. The highest BCUT2D eigenvalue weighted by atomic mass is 19.1. The standard InChI is InChI=1S/C23H29FO5/c24-16-7-10-18(11-8-16)28-15-17(25)9-12-20-19(21-13-14-22(20)29-21)5-3-1-2-4-6-23(26)27/h1,3,7-12,17,19-22,25H,2,4-6,13-15H2,(H,26,27)/b3-1-,12-9+/t17-,19-,20-,21+,22-/m0/s1. The third kappa shape index (κ3) is 6.41. The van der Waals surface area contributed by atoms with Gasteiger partial charge < -0.3 is 19.7 Å². The SMILES string of the molecule is O=C(O)CCC/C=C\C[C@H]1[C@H](/C=C/[C@H](O)COc2ccc(F)cc2)[C@@H]2CC[C@H]1O2. The molecule has 6 heteroatoms. The maximum atomic E-state index is 12.9. The average Bonchev–Trinajstić information content (AvgIpc) is 3.30. The number of carboxylic acids is 1. The zero-order valence-corrected chi connectivity index (χ0v) is 16.5. The molecule has 29 heavy (non-hydrogen) atoms. The maximum absolute atomic E-state index is 12.9. The summed E-state index contributed by atoms with van der Waals surface area (Å²) in [6, 6.07) is 5.72. The Bertz CT molecular complexity index is 714. The van der Waals surface area contributed by atoms with E-state index in [1.807, 2.05) is 6.08 Å². The number of aliphatic carboxylic acids is 1. The first kappa shape index (κ1) is 21.5. The summed E-state index contributed by atoms with van der Waals surface area (Å²) in [4.78, 5) is 10.5. The predicted molar refractivity (Wildman–Crippen MR) is 107 cm³/mol. The molecular weight excluding hydrogens is 375 g/mol. The summed E-state index contributed by atoms with van der Waals surface area (Å²) in [6.07, 6.45) is 12.3. The van der Waals surface area contributed by atoms with Gasteiger partial charge in [-0.25, -0.2) is 4.39 Å². The molecule has 2 aliphatic rings. The van der Waals surface area contributed by atoms with Crippen molar-refractivity contribution < 1.29 is 28.9 Å². The van der Waals surface area contributed by atoms with E-state index in [4.69, 9.17) is 14.6 Å². The van der Waals surface area contributed by atoms with Crippen LogP contribution in [0, 0.1) is 17.7 Å². The number of aliphatic hydroxyl groups excluding tert-OH is 1. The lowest BCUT2D eigenvalue weighted by Crippen LogP contribution is -2.26. The Balaban J connectivity index is 1.46. The number of halogens is 1. The van der Waals surface area contributed by atoms with Crippen LogP contribution in [0.3, 0.4) is 0 Å². The Morgan fingerprint density at radius 2 is 2.00 bits per heavy atom. The maximum Gasteiger partial charge on any atom is 0.303 e. The highest BCUT2D eigenvalue weighted by Gasteiger charge is 2.46. The van der Waals surface area contributed by atoms with Crippen LogP contribution in [0.4, 0.5) is 4.39 Å². The van der Waals surface area contributed by atoms with Crippen LogP contribution in [0.1, 0.15) is 38.5 Å². The molecule has 5 atom stereocenters. The second-order valence-corrected chi connectivity index (χ2v) is 7.74. The second-order valence-electron chi connectivity index (χ2n) is 7.74. The summed E-state index contributed by atoms with van der Waals surface area (Å²) >= 11 is 0. The third-order valence-corrected chi connectivity index (χ3v) is 5.61. The van der Waals surface area contributed by atoms with Crippen LogP contribution in [-0.2, 0) is 9.53 Å². The molecule has 5 nitrogen and oxygen atoms in total. The lowest BCUT2D eigenvalue weighted by Gasteiger charge is -2.25. The fourth-order valence-electron chi connectivity index (χ4n) is 4.15. The van der Waals surface area contributed by atoms with E-state index in [1.54, 1.807) is 6.08 Å². The van der Waals surface area contributed by atoms with Crippen molar-refractivity contribution in [1.29, 1.82) is 0 Å². The third-order valence-electron chi connectivity index (χ3n) is 5.61. The number of allylic oxidation sites excluding steroid dienone is 2. The number of rotatable bonds is 11. The Morgan fingerprint density at radius 1 is 1.24 bits per heavy atom. The average molecular weight is 404 g/mol. The zero-order valence-electron chi connectivity index (χ0n) is 16.5. The van der Waals surface area contributed by atoms with Crippen molar-refractivity contribution in [3.63, 3.8) is 0 Å². The first-order chi connectivity index (χ1) is 14.0. The quantitative estimate of drug-likeness (QED) is 0.429. The Kier molecular flexibility index (Phi) is 7.83. The first-order valence-corrected chi connectivity index (χ1v) is 10.3. The summed E-state index contributed by atoms with van der Waals surface area (Å²) in [5, 5.41) is 18.9. The van der Waals surface area contributed by atoms with E-state index in [0.717, 1.165) is 25.7 Å². The van der Waals surface area contributed by atoms with Crippen LogP contribution < -0.4 is 4.74 Å². The molecule has 0 amide bonds. The molecule has 0 radical (unpaired) electrons. The number of carboxylic acid groups (broad SMARTS) is 1. The van der Waals surface area contributed by atoms with Crippen LogP contribution in [0.5, 0.6) is 5.75 Å². The van der Waals surface area contributed by atoms with Gasteiger partial charge in [0.25, 0.3) is 0 Å². The molecular formula is C23H29FO5. The van der Waals surface area contributed by atoms with E-state index in [1.165, 1.54) is 24.3 Å². The molecule has 3 rings (SSSR count). The summed E-state index contributed by atoms with van der Waals surface area (Å²) in [5.74, 6) is 0.0833. The molecule has 158 valence electrons. The van der Waals surface area contributed by atoms with Crippen LogP contribution in [0.2, 0.25) is 0 Å². The van der Waals surface area contributed by atoms with Gasteiger partial charge in [0, 0.05) is 12.3 Å². The predicted octanol–water partition coefficient (Wildman–Crippen LogP) is 4.12. The van der Waals surface area contributed by atoms with E-state index in [2.05, 4.69) is 12.2 Å². The second kappa shape index (κ2) is 10.6. The van der Waals surface area contributed by atoms with Crippen molar-refractivity contribution in [2.24, 2.45) is 11.8 Å². The summed E-state index contributed by atoms with van der Waals surface area (Å²) in [6.45, 7) is 0.109. The fraction of sp³-hybridized carbons (Fsp3) is 0.522. The molecule has 0 saturated carbocycles. The smallest absolute Gasteiger partial charge is 0.303 e. The summed E-state index contributed by atoms with van der Waals surface area (Å²) < 4.78 is 24.5. The molecule has 0 unspecified atom stereocenters. The Labute approximate surface area is 170 Å². The molecule has 0 aromatic heterocycles. The van der Waals surface area contributed by atoms with Crippen molar-refractivity contribution in [3.05, 3.63) is 54.4 Å². The molecule has 0 spiro atoms. The molecule has 0 aliphatic carbocycles. The molecule has 2 aliphatic heterocycles. The van der Waals surface area contributed by atoms with Crippen molar-refractivity contribution in [2.45, 2.75) is 56.8 Å². The largest absolute Gasteiger partial charge is 0.491 e. The van der Waals surface area contributed by atoms with Gasteiger partial charge in [-0.1, -0.05) is 24.3 Å². The fourth-order valence-corrected chi connectivity index (χ4v) is 4.15. The van der Waals surface area contributed by atoms with Crippen molar-refractivity contribution in [2.75, 3.05) is 6.61 Å². The van der Waals surface area contributed by atoms with Gasteiger partial charge in [-0.15, -0.1) is 0 Å². The van der Waals surface area contributed by atoms with Gasteiger partial charge in [0.05, 0.1) is 12.2 Å². The van der Waals surface area contributed by atoms with Gasteiger partial charge in [0.2, 0.25) is 0 Å². The number of benzene rings is 1. The lowest BCUT2D eigenvalue weighted by molar-refractivity contribution is -0.137. The summed E-state index contributed by atoms with van der Waals surface area (Å²) in [5.41, 5.74) is 0. The highest BCUT2D eigenvalue weighted by molar-refractivity contribution is 5.66. The Morgan fingerprint density at radius 3 is 2.76 bits per heavy atom. The van der Waals surface area contributed by atoms with Crippen LogP contribution in [0.15, 0.2) is 48.6 Å². The van der Waals surface area contributed by atoms with Gasteiger partial charge >= 0.3 is 5.97 Å². The highest BCUT2D eigenvalue weighted by Crippen LogP contribution is 2.45. The van der Waals surface area contributed by atoms with Gasteiger partial charge in [-0.2, -0.15) is 0 Å². The summed E-state index contributed by atoms with van der Waals surface area (Å²) in [7, 11) is 0. The zero-order chi connectivity index (χ0) is 20.6. The van der Waals surface area contributed by atoms with E-state index in [-0.39, 0.29) is 37.0 Å². The minimum atomic E-state index is -0.757. The molecule has 1 aromatic carbocycles. The first-order valence-electron chi connectivity index (χ1n) is 10.3. The minimum absolute atomic E-state index is 0.109. The van der Waals surface area contributed by atoms with E-state index in [9.17, 15) is 14.3 Å². The molecule has 2 saturated heterocycles. The number of hydrogen-bond donors (Lipinski definition) is 2. The van der Waals surface area contributed by atoms with E-state index >= 15 is 0 Å². The van der Waals surface area contributed by atoms with Gasteiger partial charge in [0.1, 0.15) is 24.3 Å². The van der Waals surface area contributed by atoms with E-state index in [0.29, 0.717) is 18.1 Å². The normalized spacial score (nSPS) is 27.1. The molecule has 2 bridgehead atoms. The number of hydrogen-bond acceptors (Lipinski definition) is 4. The number of unbranched alkanes of at least 4 members (excludes halogenated alkanes) is 1. The van der Waals surface area contributed by atoms with Crippen LogP contribution in [0.25, 0.3) is 0 Å². The van der Waals surface area contributed by atoms with Gasteiger partial charge in [-0.05, 0) is 62.3 Å². The van der Waals surface area contributed by atoms with E-state index < -0.39 is 12.1 Å². The van der Waals surface area contributed by atoms with Crippen LogP contribution in [-0.4, -0.2) is 41.1 Å². The molecule has 2 heterocycles. The van der Waals surface area contributed by atoms with Crippen molar-refractivity contribution in [3.8, 4) is 5.75 Å². The topological polar surface area (TPSA) is 76.0 Å². The number of fused-ring (bicyclic) bond motifs is 2. The minimum Gasteiger partial charge on any atom is -0.491 e.